The quantitative estimate of drug-likeness (QED) is 0.776. The third-order valence-corrected chi connectivity index (χ3v) is 4.42. The van der Waals surface area contributed by atoms with Crippen molar-refractivity contribution >= 4 is 0 Å². The number of rotatable bonds is 7. The van der Waals surface area contributed by atoms with Crippen LogP contribution in [0.5, 0.6) is 0 Å². The van der Waals surface area contributed by atoms with Crippen molar-refractivity contribution in [3.63, 3.8) is 0 Å². The summed E-state index contributed by atoms with van der Waals surface area (Å²) in [4.78, 5) is 2.61. The first-order valence-electron chi connectivity index (χ1n) is 8.52. The molecule has 3 unspecified atom stereocenters. The van der Waals surface area contributed by atoms with Crippen molar-refractivity contribution < 1.29 is 9.47 Å². The van der Waals surface area contributed by atoms with Crippen molar-refractivity contribution in [3.8, 4) is 0 Å². The average molecular weight is 284 g/mol. The van der Waals surface area contributed by atoms with E-state index in [2.05, 4.69) is 24.1 Å². The van der Waals surface area contributed by atoms with E-state index in [1.807, 2.05) is 0 Å². The van der Waals surface area contributed by atoms with E-state index in [0.717, 1.165) is 45.8 Å². The highest BCUT2D eigenvalue weighted by atomic mass is 16.5. The molecule has 0 aromatic carbocycles. The van der Waals surface area contributed by atoms with E-state index < -0.39 is 0 Å². The van der Waals surface area contributed by atoms with Crippen LogP contribution in [0.3, 0.4) is 0 Å². The van der Waals surface area contributed by atoms with Crippen molar-refractivity contribution in [2.24, 2.45) is 0 Å². The fourth-order valence-electron chi connectivity index (χ4n) is 3.34. The van der Waals surface area contributed by atoms with Gasteiger partial charge in [-0.3, -0.25) is 4.90 Å². The molecule has 0 amide bonds. The van der Waals surface area contributed by atoms with E-state index in [1.165, 1.54) is 25.8 Å². The smallest absolute Gasteiger partial charge is 0.0702 e. The number of likely N-dealkylation sites (tertiary alicyclic amines) is 1. The highest BCUT2D eigenvalue weighted by molar-refractivity contribution is 4.90. The lowest BCUT2D eigenvalue weighted by Crippen LogP contribution is -2.58. The van der Waals surface area contributed by atoms with Gasteiger partial charge in [0.1, 0.15) is 0 Å². The molecule has 2 rings (SSSR count). The Balaban J connectivity index is 1.86. The van der Waals surface area contributed by atoms with Crippen LogP contribution in [0, 0.1) is 0 Å². The minimum Gasteiger partial charge on any atom is -0.380 e. The van der Waals surface area contributed by atoms with Gasteiger partial charge in [-0.15, -0.1) is 0 Å². The lowest BCUT2D eigenvalue weighted by molar-refractivity contribution is -0.0528. The Hall–Kier alpha value is -0.160. The van der Waals surface area contributed by atoms with Crippen LogP contribution in [-0.4, -0.2) is 62.5 Å². The molecule has 0 saturated carbocycles. The van der Waals surface area contributed by atoms with Gasteiger partial charge in [-0.2, -0.15) is 0 Å². The lowest BCUT2D eigenvalue weighted by Gasteiger charge is -2.43. The summed E-state index contributed by atoms with van der Waals surface area (Å²) in [6, 6.07) is 1.12. The van der Waals surface area contributed by atoms with Crippen LogP contribution in [0.2, 0.25) is 0 Å². The topological polar surface area (TPSA) is 33.7 Å². The molecule has 2 aliphatic rings. The minimum atomic E-state index is 0.428. The van der Waals surface area contributed by atoms with E-state index in [0.29, 0.717) is 18.2 Å². The first-order valence-corrected chi connectivity index (χ1v) is 8.52. The maximum atomic E-state index is 5.97. The van der Waals surface area contributed by atoms with E-state index in [1.54, 1.807) is 0 Å². The van der Waals surface area contributed by atoms with Gasteiger partial charge < -0.3 is 14.8 Å². The fourth-order valence-corrected chi connectivity index (χ4v) is 3.34. The zero-order valence-corrected chi connectivity index (χ0v) is 13.3. The van der Waals surface area contributed by atoms with Gasteiger partial charge in [0.15, 0.2) is 0 Å². The Morgan fingerprint density at radius 2 is 2.15 bits per heavy atom. The molecule has 2 aliphatic heterocycles. The van der Waals surface area contributed by atoms with E-state index in [4.69, 9.17) is 9.47 Å². The van der Waals surface area contributed by atoms with Crippen LogP contribution < -0.4 is 5.32 Å². The summed E-state index contributed by atoms with van der Waals surface area (Å²) in [5.41, 5.74) is 0. The molecule has 2 heterocycles. The van der Waals surface area contributed by atoms with Crippen molar-refractivity contribution in [1.82, 2.24) is 10.2 Å². The maximum absolute atomic E-state index is 5.97. The average Bonchev–Trinajstić information content (AvgIpc) is 2.51. The zero-order valence-electron chi connectivity index (χ0n) is 13.3. The van der Waals surface area contributed by atoms with Gasteiger partial charge in [-0.05, 0) is 45.2 Å². The van der Waals surface area contributed by atoms with Crippen molar-refractivity contribution in [3.05, 3.63) is 0 Å². The molecule has 2 fully saturated rings. The third-order valence-electron chi connectivity index (χ3n) is 4.42. The Kier molecular flexibility index (Phi) is 7.28. The highest BCUT2D eigenvalue weighted by Gasteiger charge is 2.33. The molecular weight excluding hydrogens is 252 g/mol. The predicted octanol–water partition coefficient (Wildman–Crippen LogP) is 2.03. The molecule has 4 nitrogen and oxygen atoms in total. The molecule has 20 heavy (non-hydrogen) atoms. The summed E-state index contributed by atoms with van der Waals surface area (Å²) in [7, 11) is 0. The molecule has 118 valence electrons. The maximum Gasteiger partial charge on any atom is 0.0702 e. The second-order valence-corrected chi connectivity index (χ2v) is 6.12. The third kappa shape index (κ3) is 4.69. The van der Waals surface area contributed by atoms with E-state index in [-0.39, 0.29) is 0 Å². The van der Waals surface area contributed by atoms with Crippen LogP contribution in [-0.2, 0) is 9.47 Å². The number of nitrogens with zero attached hydrogens (tertiary/aromatic N) is 1. The lowest BCUT2D eigenvalue weighted by atomic mass is 9.98. The van der Waals surface area contributed by atoms with Gasteiger partial charge in [-0.1, -0.05) is 13.8 Å². The summed E-state index contributed by atoms with van der Waals surface area (Å²) in [5, 5.41) is 3.71. The van der Waals surface area contributed by atoms with Gasteiger partial charge in [0.25, 0.3) is 0 Å². The molecular formula is C16H32N2O2. The van der Waals surface area contributed by atoms with Crippen LogP contribution in [0.4, 0.5) is 0 Å². The van der Waals surface area contributed by atoms with Crippen LogP contribution in [0.25, 0.3) is 0 Å². The molecule has 0 radical (unpaired) electrons. The molecule has 0 bridgehead atoms. The highest BCUT2D eigenvalue weighted by Crippen LogP contribution is 2.21. The van der Waals surface area contributed by atoms with Gasteiger partial charge in [0.05, 0.1) is 12.7 Å². The normalized spacial score (nSPS) is 32.4. The molecule has 0 aromatic heterocycles. The summed E-state index contributed by atoms with van der Waals surface area (Å²) in [6.07, 6.45) is 6.36. The SMILES string of the molecule is CCCNC1CCOCC1N1CCCC(OCCC)C1. The first kappa shape index (κ1) is 16.2. The number of hydrogen-bond donors (Lipinski definition) is 1. The van der Waals surface area contributed by atoms with Crippen LogP contribution in [0.1, 0.15) is 46.0 Å². The molecule has 3 atom stereocenters. The Morgan fingerprint density at radius 1 is 1.25 bits per heavy atom. The largest absolute Gasteiger partial charge is 0.380 e. The standard InChI is InChI=1S/C16H32N2O2/c1-3-8-17-15-7-11-19-13-16(15)18-9-5-6-14(12-18)20-10-4-2/h14-17H,3-13H2,1-2H3. The second kappa shape index (κ2) is 8.98. The van der Waals surface area contributed by atoms with Crippen molar-refractivity contribution in [2.45, 2.75) is 64.1 Å². The second-order valence-electron chi connectivity index (χ2n) is 6.12. The van der Waals surface area contributed by atoms with Gasteiger partial charge >= 0.3 is 0 Å². The van der Waals surface area contributed by atoms with Crippen molar-refractivity contribution in [1.29, 1.82) is 0 Å². The number of hydrogen-bond acceptors (Lipinski definition) is 4. The summed E-state index contributed by atoms with van der Waals surface area (Å²) in [5.74, 6) is 0. The molecule has 4 heteroatoms. The monoisotopic (exact) mass is 284 g/mol. The van der Waals surface area contributed by atoms with Crippen molar-refractivity contribution in [2.75, 3.05) is 39.5 Å². The summed E-state index contributed by atoms with van der Waals surface area (Å²) in [6.45, 7) is 10.5. The number of piperidine rings is 1. The molecule has 0 aromatic rings. The Labute approximate surface area is 124 Å². The zero-order chi connectivity index (χ0) is 14.2. The molecule has 2 saturated heterocycles. The van der Waals surface area contributed by atoms with Gasteiger partial charge in [-0.25, -0.2) is 0 Å². The molecule has 1 N–H and O–H groups in total. The summed E-state index contributed by atoms with van der Waals surface area (Å²) >= 11 is 0. The number of ether oxygens (including phenoxy) is 2. The predicted molar refractivity (Wildman–Crippen MR) is 82.1 cm³/mol. The van der Waals surface area contributed by atoms with Gasteiger partial charge in [0.2, 0.25) is 0 Å². The van der Waals surface area contributed by atoms with Crippen LogP contribution in [0.15, 0.2) is 0 Å². The first-order chi connectivity index (χ1) is 9.85. The Morgan fingerprint density at radius 3 is 2.95 bits per heavy atom. The van der Waals surface area contributed by atoms with E-state index in [9.17, 15) is 0 Å². The summed E-state index contributed by atoms with van der Waals surface area (Å²) < 4.78 is 11.7. The Bertz CT molecular complexity index is 263. The van der Waals surface area contributed by atoms with E-state index >= 15 is 0 Å². The number of nitrogens with one attached hydrogen (secondary N) is 1. The van der Waals surface area contributed by atoms with Gasteiger partial charge in [0, 0.05) is 31.8 Å². The fraction of sp³-hybridized carbons (Fsp3) is 1.00. The molecule has 0 aliphatic carbocycles. The molecule has 0 spiro atoms. The minimum absolute atomic E-state index is 0.428. The van der Waals surface area contributed by atoms with Crippen LogP contribution >= 0.6 is 0 Å².